The van der Waals surface area contributed by atoms with Crippen LogP contribution in [0.5, 0.6) is 0 Å². The van der Waals surface area contributed by atoms with Gasteiger partial charge < -0.3 is 4.74 Å². The molecule has 0 aromatic carbocycles. The summed E-state index contributed by atoms with van der Waals surface area (Å²) in [4.78, 5) is 0. The number of rotatable bonds is 1. The van der Waals surface area contributed by atoms with Gasteiger partial charge in [0.1, 0.15) is 6.61 Å². The second-order valence-corrected chi connectivity index (χ2v) is 2.27. The summed E-state index contributed by atoms with van der Waals surface area (Å²) in [6, 6.07) is 0. The highest BCUT2D eigenvalue weighted by atomic mass is 19.4. The monoisotopic (exact) mass is 436 g/mol. The number of hydrogen-bond donors (Lipinski definition) is 0. The van der Waals surface area contributed by atoms with Crippen LogP contribution in [0, 0.1) is 0 Å². The minimum Gasteiger partial charge on any atom is -0.375 e. The first-order valence-corrected chi connectivity index (χ1v) is 5.60. The third-order valence-corrected chi connectivity index (χ3v) is 0.460. The summed E-state index contributed by atoms with van der Waals surface area (Å²) in [6.07, 6.45) is -8.80. The van der Waals surface area contributed by atoms with Crippen molar-refractivity contribution in [1.29, 1.82) is 0 Å². The Hall–Kier alpha value is -1.02. The van der Waals surface area contributed by atoms with Crippen molar-refractivity contribution < 1.29 is 66.2 Å². The third-order valence-electron chi connectivity index (χ3n) is 0.460. The maximum absolute atomic E-state index is 10.9. The summed E-state index contributed by atoms with van der Waals surface area (Å²) in [5.41, 5.74) is 0. The first kappa shape index (κ1) is 44.4. The van der Waals surface area contributed by atoms with Crippen molar-refractivity contribution in [2.24, 2.45) is 0 Å². The van der Waals surface area contributed by atoms with Crippen LogP contribution >= 0.6 is 0 Å². The Morgan fingerprint density at radius 3 is 0.769 bits per heavy atom. The van der Waals surface area contributed by atoms with Crippen molar-refractivity contribution in [1.82, 2.24) is 0 Å². The molecule has 0 aliphatic carbocycles. The van der Waals surface area contributed by atoms with E-state index in [1.807, 2.05) is 0 Å². The molecule has 0 saturated carbocycles. The summed E-state index contributed by atoms with van der Waals surface area (Å²) in [6.45, 7) is -5.68. The Kier molecular flexibility index (Phi) is 75.1. The van der Waals surface area contributed by atoms with E-state index in [-0.39, 0.29) is 6.67 Å². The molecule has 26 heavy (non-hydrogen) atoms. The standard InChI is InChI=1S/C3H5F3O.C2H2F4.C2H5F.2CH2F2.2CH3F/c1-7-2-3(4,5)6;3-1-2(4,5)6;1-2-3;2*2-1-3;2*1-2/h2H2,1H3;1H2;2H2,1H3;2*1H2;2*1H3. The Labute approximate surface area is 142 Å². The van der Waals surface area contributed by atoms with Gasteiger partial charge in [0.2, 0.25) is 13.9 Å². The first-order valence-electron chi connectivity index (χ1n) is 5.60. The molecule has 0 radical (unpaired) electrons. The van der Waals surface area contributed by atoms with Crippen molar-refractivity contribution in [3.8, 4) is 0 Å². The fraction of sp³-hybridized carbons (Fsp3) is 1.00. The molecule has 0 saturated heterocycles. The number of methoxy groups -OCH3 is 1. The van der Waals surface area contributed by atoms with Gasteiger partial charge in [-0.2, -0.15) is 26.3 Å². The van der Waals surface area contributed by atoms with Crippen LogP contribution in [0.1, 0.15) is 6.92 Å². The molecule has 0 bridgehead atoms. The zero-order valence-corrected chi connectivity index (χ0v) is 14.2. The molecule has 0 atom stereocenters. The number of alkyl halides is 14. The smallest absolute Gasteiger partial charge is 0.375 e. The summed E-state index contributed by atoms with van der Waals surface area (Å²) in [5.74, 6) is 0. The van der Waals surface area contributed by atoms with Gasteiger partial charge in [-0.1, -0.05) is 0 Å². The van der Waals surface area contributed by atoms with Crippen molar-refractivity contribution >= 4 is 0 Å². The minimum absolute atomic E-state index is 0.250. The van der Waals surface area contributed by atoms with Crippen LogP contribution in [0.3, 0.4) is 0 Å². The fourth-order valence-corrected chi connectivity index (χ4v) is 0.164. The van der Waals surface area contributed by atoms with Gasteiger partial charge in [0, 0.05) is 7.11 Å². The molecule has 170 valence electrons. The Morgan fingerprint density at radius 1 is 0.615 bits per heavy atom. The van der Waals surface area contributed by atoms with Gasteiger partial charge in [0.05, 0.1) is 21.0 Å². The van der Waals surface area contributed by atoms with E-state index in [1.165, 1.54) is 6.92 Å². The second-order valence-electron chi connectivity index (χ2n) is 2.27. The van der Waals surface area contributed by atoms with E-state index in [0.717, 1.165) is 7.11 Å². The molecule has 0 aromatic heterocycles. The highest BCUT2D eigenvalue weighted by Crippen LogP contribution is 2.13. The summed E-state index contributed by atoms with van der Waals surface area (Å²) >= 11 is 0. The zero-order valence-electron chi connectivity index (χ0n) is 14.2. The van der Waals surface area contributed by atoms with Crippen molar-refractivity contribution in [3.63, 3.8) is 0 Å². The van der Waals surface area contributed by atoms with E-state index in [4.69, 9.17) is 0 Å². The molecule has 0 fully saturated rings. The summed E-state index contributed by atoms with van der Waals surface area (Å²) in [7, 11) is 2.01. The highest BCUT2D eigenvalue weighted by Gasteiger charge is 2.26. The molecule has 0 unspecified atom stereocenters. The van der Waals surface area contributed by atoms with Gasteiger partial charge in [0.15, 0.2) is 6.67 Å². The third kappa shape index (κ3) is 310. The maximum Gasteiger partial charge on any atom is 0.416 e. The van der Waals surface area contributed by atoms with Crippen molar-refractivity contribution in [2.75, 3.05) is 55.3 Å². The number of ether oxygens (including phenoxy) is 1. The zero-order chi connectivity index (χ0) is 23.2. The fourth-order valence-electron chi connectivity index (χ4n) is 0.164. The van der Waals surface area contributed by atoms with Gasteiger partial charge in [-0.15, -0.1) is 0 Å². The molecular weight excluding hydrogens is 414 g/mol. The van der Waals surface area contributed by atoms with Crippen molar-refractivity contribution in [2.45, 2.75) is 19.3 Å². The average Bonchev–Trinajstić information content (AvgIpc) is 2.52. The lowest BCUT2D eigenvalue weighted by atomic mass is 10.7. The molecule has 0 amide bonds. The first-order chi connectivity index (χ1) is 11.9. The van der Waals surface area contributed by atoms with Gasteiger partial charge in [-0.05, 0) is 6.92 Å². The topological polar surface area (TPSA) is 9.23 Å². The van der Waals surface area contributed by atoms with Crippen LogP contribution in [0.15, 0.2) is 0 Å². The van der Waals surface area contributed by atoms with Crippen LogP contribution in [-0.2, 0) is 4.74 Å². The van der Waals surface area contributed by atoms with Crippen LogP contribution < -0.4 is 0 Å². The Morgan fingerprint density at radius 2 is 0.769 bits per heavy atom. The lowest BCUT2D eigenvalue weighted by Gasteiger charge is -2.01. The molecule has 0 N–H and O–H groups in total. The molecular formula is C11H22F14O. The van der Waals surface area contributed by atoms with E-state index in [2.05, 4.69) is 4.74 Å². The lowest BCUT2D eigenvalue weighted by molar-refractivity contribution is -0.167. The molecule has 0 aliphatic heterocycles. The van der Waals surface area contributed by atoms with E-state index in [9.17, 15) is 61.5 Å². The Balaban J connectivity index is -0.0000000346. The van der Waals surface area contributed by atoms with E-state index < -0.39 is 39.5 Å². The molecule has 15 heteroatoms. The van der Waals surface area contributed by atoms with Gasteiger partial charge in [0.25, 0.3) is 0 Å². The SMILES string of the molecule is CCF.CF.CF.COCC(F)(F)F.FCC(F)(F)F.FCF.FCF. The van der Waals surface area contributed by atoms with Gasteiger partial charge in [-0.25, -0.2) is 22.0 Å². The van der Waals surface area contributed by atoms with E-state index in [1.54, 1.807) is 0 Å². The van der Waals surface area contributed by atoms with Gasteiger partial charge in [-0.3, -0.25) is 13.2 Å². The van der Waals surface area contributed by atoms with Crippen LogP contribution in [-0.4, -0.2) is 67.6 Å². The van der Waals surface area contributed by atoms with E-state index in [0.29, 0.717) is 14.4 Å². The molecule has 0 spiro atoms. The molecule has 1 nitrogen and oxygen atoms in total. The summed E-state index contributed by atoms with van der Waals surface area (Å²) in [5, 5.41) is 0. The maximum atomic E-state index is 10.9. The lowest BCUT2D eigenvalue weighted by Crippen LogP contribution is -2.14. The summed E-state index contributed by atoms with van der Waals surface area (Å²) < 4.78 is 146. The predicted octanol–water partition coefficient (Wildman–Crippen LogP) is 6.63. The number of halogens is 14. The molecule has 0 aliphatic rings. The normalized spacial score (nSPS) is 8.54. The van der Waals surface area contributed by atoms with Crippen LogP contribution in [0.4, 0.5) is 61.5 Å². The highest BCUT2D eigenvalue weighted by molar-refractivity contribution is 4.42. The van der Waals surface area contributed by atoms with Crippen LogP contribution in [0.2, 0.25) is 0 Å². The molecule has 0 heterocycles. The largest absolute Gasteiger partial charge is 0.416 e. The molecule has 0 rings (SSSR count). The Bertz CT molecular complexity index is 157. The molecule has 0 aromatic rings. The van der Waals surface area contributed by atoms with Crippen LogP contribution in [0.25, 0.3) is 0 Å². The average molecular weight is 436 g/mol. The second kappa shape index (κ2) is 43.9. The number of hydrogen-bond acceptors (Lipinski definition) is 1. The van der Waals surface area contributed by atoms with Crippen molar-refractivity contribution in [3.05, 3.63) is 0 Å². The predicted molar refractivity (Wildman–Crippen MR) is 69.8 cm³/mol. The van der Waals surface area contributed by atoms with E-state index >= 15 is 0 Å². The minimum atomic E-state index is -4.62. The van der Waals surface area contributed by atoms with Gasteiger partial charge >= 0.3 is 12.4 Å². The quantitative estimate of drug-likeness (QED) is 0.420.